The Bertz CT molecular complexity index is 459. The maximum absolute atomic E-state index is 11.1. The van der Waals surface area contributed by atoms with Gasteiger partial charge in [0.05, 0.1) is 12.8 Å². The van der Waals surface area contributed by atoms with Crippen molar-refractivity contribution in [2.75, 3.05) is 0 Å². The van der Waals surface area contributed by atoms with Crippen LogP contribution in [-0.2, 0) is 28.7 Å². The lowest BCUT2D eigenvalue weighted by Crippen LogP contribution is -2.54. The van der Waals surface area contributed by atoms with Gasteiger partial charge in [-0.3, -0.25) is 9.59 Å². The first-order valence-electron chi connectivity index (χ1n) is 6.14. The summed E-state index contributed by atoms with van der Waals surface area (Å²) in [6.45, 7) is 1.83. The van der Waals surface area contributed by atoms with Crippen LogP contribution in [0.5, 0.6) is 0 Å². The summed E-state index contributed by atoms with van der Waals surface area (Å²) in [4.78, 5) is 42.3. The Kier molecular flexibility index (Phi) is 3.50. The largest absolute Gasteiger partial charge is 0.393 e. The topological polar surface area (TPSA) is 86.7 Å². The van der Waals surface area contributed by atoms with E-state index in [9.17, 15) is 19.2 Å². The minimum absolute atomic E-state index is 0.263. The van der Waals surface area contributed by atoms with Crippen molar-refractivity contribution in [3.8, 4) is 0 Å². The zero-order valence-corrected chi connectivity index (χ0v) is 10.6. The van der Waals surface area contributed by atoms with Crippen molar-refractivity contribution in [1.29, 1.82) is 0 Å². The van der Waals surface area contributed by atoms with Crippen molar-refractivity contribution >= 4 is 23.9 Å². The Labute approximate surface area is 109 Å². The van der Waals surface area contributed by atoms with Crippen LogP contribution in [0, 0.1) is 5.41 Å². The highest BCUT2D eigenvalue weighted by Gasteiger charge is 2.59. The summed E-state index contributed by atoms with van der Waals surface area (Å²) in [6, 6.07) is 0. The fourth-order valence-electron chi connectivity index (χ4n) is 2.31. The van der Waals surface area contributed by atoms with Crippen molar-refractivity contribution in [1.82, 2.24) is 0 Å². The summed E-state index contributed by atoms with van der Waals surface area (Å²) in [6.07, 6.45) is 4.98. The molecular weight excluding hydrogens is 252 g/mol. The molecule has 102 valence electrons. The summed E-state index contributed by atoms with van der Waals surface area (Å²) >= 11 is 0. The molecule has 0 saturated carbocycles. The van der Waals surface area contributed by atoms with E-state index in [1.807, 2.05) is 13.0 Å². The van der Waals surface area contributed by atoms with E-state index < -0.39 is 17.4 Å². The summed E-state index contributed by atoms with van der Waals surface area (Å²) in [7, 11) is 0. The number of esters is 4. The Morgan fingerprint density at radius 3 is 1.89 bits per heavy atom. The molecule has 2 heterocycles. The van der Waals surface area contributed by atoms with Gasteiger partial charge in [0.15, 0.2) is 5.41 Å². The third-order valence-electron chi connectivity index (χ3n) is 3.52. The van der Waals surface area contributed by atoms with Crippen molar-refractivity contribution in [2.45, 2.75) is 39.0 Å². The molecule has 6 heteroatoms. The molecular formula is C13H14O6. The number of hydrogen-bond donors (Lipinski definition) is 0. The van der Waals surface area contributed by atoms with E-state index in [0.717, 1.165) is 18.4 Å². The van der Waals surface area contributed by atoms with Crippen LogP contribution >= 0.6 is 0 Å². The smallest absolute Gasteiger partial charge is 0.335 e. The molecule has 19 heavy (non-hydrogen) atoms. The van der Waals surface area contributed by atoms with Crippen LogP contribution in [0.15, 0.2) is 11.6 Å². The lowest BCUT2D eigenvalue weighted by atomic mass is 9.70. The third kappa shape index (κ3) is 2.30. The third-order valence-corrected chi connectivity index (χ3v) is 3.52. The predicted octanol–water partition coefficient (Wildman–Crippen LogP) is 1.04. The summed E-state index contributed by atoms with van der Waals surface area (Å²) in [5.41, 5.74) is 0.00752. The van der Waals surface area contributed by atoms with Gasteiger partial charge >= 0.3 is 23.9 Å². The Morgan fingerprint density at radius 1 is 1.00 bits per heavy atom. The molecule has 0 amide bonds. The molecule has 1 spiro atoms. The molecule has 0 aromatic carbocycles. The maximum atomic E-state index is 11.1. The quantitative estimate of drug-likeness (QED) is 0.370. The van der Waals surface area contributed by atoms with Gasteiger partial charge in [0.1, 0.15) is 0 Å². The molecule has 0 unspecified atom stereocenters. The number of rotatable bonds is 0. The van der Waals surface area contributed by atoms with Crippen LogP contribution < -0.4 is 0 Å². The molecule has 3 rings (SSSR count). The summed E-state index contributed by atoms with van der Waals surface area (Å²) in [5, 5.41) is 0. The molecule has 0 radical (unpaired) electrons. The SMILES string of the molecule is CC1=CCCCC12C(=O)OC2=O.O=C1CCC(=O)O1. The molecule has 6 nitrogen and oxygen atoms in total. The monoisotopic (exact) mass is 266 g/mol. The van der Waals surface area contributed by atoms with Crippen LogP contribution in [0.4, 0.5) is 0 Å². The molecule has 3 aliphatic rings. The van der Waals surface area contributed by atoms with Crippen molar-refractivity contribution < 1.29 is 28.7 Å². The average molecular weight is 266 g/mol. The second-order valence-electron chi connectivity index (χ2n) is 4.71. The minimum Gasteiger partial charge on any atom is -0.393 e. The summed E-state index contributed by atoms with van der Waals surface area (Å²) < 4.78 is 8.47. The molecule has 0 aromatic rings. The molecule has 1 aliphatic carbocycles. The predicted molar refractivity (Wildman–Crippen MR) is 61.5 cm³/mol. The first-order chi connectivity index (χ1) is 8.96. The van der Waals surface area contributed by atoms with Crippen LogP contribution in [0.1, 0.15) is 39.0 Å². The molecule has 2 aliphatic heterocycles. The first-order valence-corrected chi connectivity index (χ1v) is 6.14. The van der Waals surface area contributed by atoms with Crippen molar-refractivity contribution in [3.05, 3.63) is 11.6 Å². The Balaban J connectivity index is 0.000000163. The van der Waals surface area contributed by atoms with Crippen LogP contribution in [-0.4, -0.2) is 23.9 Å². The molecule has 2 fully saturated rings. The second-order valence-corrected chi connectivity index (χ2v) is 4.71. The van der Waals surface area contributed by atoms with Gasteiger partial charge in [-0.05, 0) is 31.8 Å². The Morgan fingerprint density at radius 2 is 1.58 bits per heavy atom. The fourth-order valence-corrected chi connectivity index (χ4v) is 2.31. The van der Waals surface area contributed by atoms with Gasteiger partial charge in [-0.15, -0.1) is 0 Å². The molecule has 0 aromatic heterocycles. The minimum atomic E-state index is -0.863. The highest BCUT2D eigenvalue weighted by atomic mass is 16.6. The van der Waals surface area contributed by atoms with Gasteiger partial charge in [0.25, 0.3) is 0 Å². The number of cyclic esters (lactones) is 4. The highest BCUT2D eigenvalue weighted by molar-refractivity contribution is 6.16. The molecule has 0 N–H and O–H groups in total. The van der Waals surface area contributed by atoms with E-state index in [1.165, 1.54) is 0 Å². The van der Waals surface area contributed by atoms with Gasteiger partial charge in [-0.2, -0.15) is 0 Å². The Hall–Kier alpha value is -1.98. The number of allylic oxidation sites excluding steroid dienone is 1. The van der Waals surface area contributed by atoms with E-state index >= 15 is 0 Å². The zero-order chi connectivity index (χ0) is 14.0. The van der Waals surface area contributed by atoms with Crippen LogP contribution in [0.2, 0.25) is 0 Å². The number of carbonyl (C=O) groups is 4. The van der Waals surface area contributed by atoms with Crippen LogP contribution in [0.3, 0.4) is 0 Å². The molecule has 0 bridgehead atoms. The number of ether oxygens (including phenoxy) is 2. The van der Waals surface area contributed by atoms with Gasteiger partial charge < -0.3 is 9.47 Å². The summed E-state index contributed by atoms with van der Waals surface area (Å²) in [5.74, 6) is -1.52. The van der Waals surface area contributed by atoms with Crippen molar-refractivity contribution in [3.63, 3.8) is 0 Å². The normalized spacial score (nSPS) is 23.9. The molecule has 2 saturated heterocycles. The van der Waals surface area contributed by atoms with Crippen molar-refractivity contribution in [2.24, 2.45) is 5.41 Å². The highest BCUT2D eigenvalue weighted by Crippen LogP contribution is 2.45. The fraction of sp³-hybridized carbons (Fsp3) is 0.538. The van der Waals surface area contributed by atoms with E-state index in [-0.39, 0.29) is 24.8 Å². The number of hydrogen-bond acceptors (Lipinski definition) is 6. The van der Waals surface area contributed by atoms with E-state index in [0.29, 0.717) is 6.42 Å². The van der Waals surface area contributed by atoms with E-state index in [2.05, 4.69) is 9.47 Å². The van der Waals surface area contributed by atoms with E-state index in [1.54, 1.807) is 0 Å². The van der Waals surface area contributed by atoms with Crippen LogP contribution in [0.25, 0.3) is 0 Å². The van der Waals surface area contributed by atoms with Gasteiger partial charge in [0.2, 0.25) is 0 Å². The average Bonchev–Trinajstić information content (AvgIpc) is 2.74. The zero-order valence-electron chi connectivity index (χ0n) is 10.6. The number of carbonyl (C=O) groups excluding carboxylic acids is 4. The maximum Gasteiger partial charge on any atom is 0.335 e. The van der Waals surface area contributed by atoms with Gasteiger partial charge in [0, 0.05) is 0 Å². The molecule has 0 atom stereocenters. The standard InChI is InChI=1S/C9H10O3.C4H4O3/c1-6-4-2-3-5-9(6)7(10)12-8(9)11;5-3-1-2-4(6)7-3/h4H,2-3,5H2,1H3;1-2H2. The lowest BCUT2D eigenvalue weighted by molar-refractivity contribution is -0.193. The van der Waals surface area contributed by atoms with E-state index in [4.69, 9.17) is 0 Å². The lowest BCUT2D eigenvalue weighted by Gasteiger charge is -2.39. The van der Waals surface area contributed by atoms with Gasteiger partial charge in [-0.1, -0.05) is 6.08 Å². The first kappa shape index (κ1) is 13.5. The van der Waals surface area contributed by atoms with Gasteiger partial charge in [-0.25, -0.2) is 9.59 Å². The second kappa shape index (κ2) is 4.95.